The molecule has 5 nitrogen and oxygen atoms in total. The van der Waals surface area contributed by atoms with E-state index in [2.05, 4.69) is 0 Å². The molecule has 0 spiro atoms. The Morgan fingerprint density at radius 1 is 1.24 bits per heavy atom. The lowest BCUT2D eigenvalue weighted by molar-refractivity contribution is -0.385. The minimum Gasteiger partial charge on any atom is -0.496 e. The van der Waals surface area contributed by atoms with Gasteiger partial charge >= 0.3 is 0 Å². The summed E-state index contributed by atoms with van der Waals surface area (Å²) >= 11 is 1.35. The van der Waals surface area contributed by atoms with Gasteiger partial charge in [-0.15, -0.1) is 0 Å². The van der Waals surface area contributed by atoms with Gasteiger partial charge in [0.2, 0.25) is 0 Å². The quantitative estimate of drug-likeness (QED) is 0.475. The van der Waals surface area contributed by atoms with E-state index in [9.17, 15) is 14.9 Å². The number of Topliss-reactive ketones (excluding diaryl/α,β-unsaturated/α-hetero) is 1. The first-order valence-corrected chi connectivity index (χ1v) is 6.95. The summed E-state index contributed by atoms with van der Waals surface area (Å²) in [6.45, 7) is 1.31. The van der Waals surface area contributed by atoms with Crippen LogP contribution in [0.5, 0.6) is 5.75 Å². The van der Waals surface area contributed by atoms with Crippen LogP contribution in [0.3, 0.4) is 0 Å². The van der Waals surface area contributed by atoms with E-state index in [4.69, 9.17) is 4.74 Å². The number of rotatable bonds is 5. The number of ketones is 1. The highest BCUT2D eigenvalue weighted by atomic mass is 32.2. The summed E-state index contributed by atoms with van der Waals surface area (Å²) in [5, 5.41) is 11.1. The second-order valence-corrected chi connectivity index (χ2v) is 5.36. The summed E-state index contributed by atoms with van der Waals surface area (Å²) in [6.07, 6.45) is 0. The topological polar surface area (TPSA) is 69.4 Å². The fraction of sp³-hybridized carbons (Fsp3) is 0.133. The third kappa shape index (κ3) is 3.41. The predicted octanol–water partition coefficient (Wildman–Crippen LogP) is 3.96. The van der Waals surface area contributed by atoms with Crippen molar-refractivity contribution >= 4 is 23.2 Å². The van der Waals surface area contributed by atoms with Gasteiger partial charge in [0.1, 0.15) is 5.75 Å². The van der Waals surface area contributed by atoms with Gasteiger partial charge in [-0.25, -0.2) is 0 Å². The van der Waals surface area contributed by atoms with Crippen LogP contribution in [0.2, 0.25) is 0 Å². The number of methoxy groups -OCH3 is 1. The molecule has 0 saturated carbocycles. The molecule has 0 saturated heterocycles. The van der Waals surface area contributed by atoms with Crippen LogP contribution in [-0.4, -0.2) is 17.8 Å². The summed E-state index contributed by atoms with van der Waals surface area (Å²) in [4.78, 5) is 23.5. The van der Waals surface area contributed by atoms with Crippen LogP contribution >= 0.6 is 11.8 Å². The third-order valence-corrected chi connectivity index (χ3v) is 3.89. The van der Waals surface area contributed by atoms with Gasteiger partial charge in [0.15, 0.2) is 5.78 Å². The number of ether oxygens (including phenoxy) is 1. The van der Waals surface area contributed by atoms with Gasteiger partial charge in [-0.1, -0.05) is 23.9 Å². The van der Waals surface area contributed by atoms with Gasteiger partial charge in [-0.3, -0.25) is 14.9 Å². The SMILES string of the molecule is COc1ccccc1Sc1ccc(C(C)=O)c([N+](=O)[O-])c1. The molecule has 108 valence electrons. The summed E-state index contributed by atoms with van der Waals surface area (Å²) in [5.74, 6) is 0.372. The molecule has 2 rings (SSSR count). The smallest absolute Gasteiger partial charge is 0.281 e. The number of benzene rings is 2. The lowest BCUT2D eigenvalue weighted by Crippen LogP contribution is -2.00. The molecule has 0 fully saturated rings. The molecule has 2 aromatic carbocycles. The number of para-hydroxylation sites is 1. The van der Waals surface area contributed by atoms with Crippen molar-refractivity contribution < 1.29 is 14.5 Å². The fourth-order valence-corrected chi connectivity index (χ4v) is 2.81. The van der Waals surface area contributed by atoms with Crippen molar-refractivity contribution in [1.82, 2.24) is 0 Å². The Kier molecular flexibility index (Phi) is 4.59. The molecule has 0 radical (unpaired) electrons. The zero-order valence-corrected chi connectivity index (χ0v) is 12.3. The first kappa shape index (κ1) is 15.1. The summed E-state index contributed by atoms with van der Waals surface area (Å²) < 4.78 is 5.25. The Bertz CT molecular complexity index is 700. The van der Waals surface area contributed by atoms with Gasteiger partial charge < -0.3 is 4.74 Å². The number of carbonyl (C=O) groups is 1. The Labute approximate surface area is 126 Å². The molecule has 0 aliphatic carbocycles. The maximum absolute atomic E-state index is 11.4. The summed E-state index contributed by atoms with van der Waals surface area (Å²) in [5.41, 5.74) is -0.0632. The van der Waals surface area contributed by atoms with Crippen molar-refractivity contribution in [1.29, 1.82) is 0 Å². The second-order valence-electron chi connectivity index (χ2n) is 4.25. The first-order chi connectivity index (χ1) is 10.0. The zero-order chi connectivity index (χ0) is 15.4. The molecule has 0 aliphatic heterocycles. The van der Waals surface area contributed by atoms with Gasteiger partial charge in [-0.2, -0.15) is 0 Å². The van der Waals surface area contributed by atoms with Crippen LogP contribution < -0.4 is 4.74 Å². The van der Waals surface area contributed by atoms with E-state index in [1.54, 1.807) is 13.2 Å². The average Bonchev–Trinajstić information content (AvgIpc) is 2.47. The van der Waals surface area contributed by atoms with Crippen molar-refractivity contribution in [2.24, 2.45) is 0 Å². The van der Waals surface area contributed by atoms with E-state index in [1.165, 1.54) is 30.8 Å². The minimum absolute atomic E-state index is 0.115. The average molecular weight is 303 g/mol. The molecule has 0 unspecified atom stereocenters. The number of hydrogen-bond acceptors (Lipinski definition) is 5. The maximum Gasteiger partial charge on any atom is 0.281 e. The molecule has 0 aliphatic rings. The van der Waals surface area contributed by atoms with Crippen LogP contribution in [0.15, 0.2) is 52.3 Å². The number of hydrogen-bond donors (Lipinski definition) is 0. The lowest BCUT2D eigenvalue weighted by Gasteiger charge is -2.08. The molecule has 0 N–H and O–H groups in total. The van der Waals surface area contributed by atoms with Crippen LogP contribution in [0, 0.1) is 10.1 Å². The molecule has 21 heavy (non-hydrogen) atoms. The van der Waals surface area contributed by atoms with E-state index in [0.29, 0.717) is 10.6 Å². The Morgan fingerprint density at radius 2 is 1.95 bits per heavy atom. The van der Waals surface area contributed by atoms with Gasteiger partial charge in [0, 0.05) is 11.0 Å². The highest BCUT2D eigenvalue weighted by Crippen LogP contribution is 2.36. The Morgan fingerprint density at radius 3 is 2.57 bits per heavy atom. The van der Waals surface area contributed by atoms with Crippen LogP contribution in [0.25, 0.3) is 0 Å². The Hall–Kier alpha value is -2.34. The minimum atomic E-state index is -0.539. The van der Waals surface area contributed by atoms with Crippen LogP contribution in [0.4, 0.5) is 5.69 Å². The second kappa shape index (κ2) is 6.41. The van der Waals surface area contributed by atoms with Crippen molar-refractivity contribution in [3.63, 3.8) is 0 Å². The number of nitro benzene ring substituents is 1. The van der Waals surface area contributed by atoms with Crippen molar-refractivity contribution in [2.45, 2.75) is 16.7 Å². The maximum atomic E-state index is 11.4. The molecular formula is C15H13NO4S. The van der Waals surface area contributed by atoms with Crippen molar-refractivity contribution in [2.75, 3.05) is 7.11 Å². The van der Waals surface area contributed by atoms with E-state index in [0.717, 1.165) is 4.90 Å². The van der Waals surface area contributed by atoms with E-state index in [-0.39, 0.29) is 17.0 Å². The fourth-order valence-electron chi connectivity index (χ4n) is 1.85. The number of nitrogens with zero attached hydrogens (tertiary/aromatic N) is 1. The van der Waals surface area contributed by atoms with E-state index >= 15 is 0 Å². The van der Waals surface area contributed by atoms with E-state index < -0.39 is 4.92 Å². The molecule has 0 heterocycles. The molecule has 0 atom stereocenters. The van der Waals surface area contributed by atoms with Gasteiger partial charge in [-0.05, 0) is 31.2 Å². The lowest BCUT2D eigenvalue weighted by atomic mass is 10.1. The molecule has 6 heteroatoms. The third-order valence-electron chi connectivity index (χ3n) is 2.84. The van der Waals surface area contributed by atoms with Crippen LogP contribution in [-0.2, 0) is 0 Å². The molecule has 0 bridgehead atoms. The number of nitro groups is 1. The Balaban J connectivity index is 2.39. The number of carbonyl (C=O) groups excluding carboxylic acids is 1. The van der Waals surface area contributed by atoms with E-state index in [1.807, 2.05) is 24.3 Å². The summed E-state index contributed by atoms with van der Waals surface area (Å²) in [7, 11) is 1.57. The van der Waals surface area contributed by atoms with Crippen molar-refractivity contribution in [3.8, 4) is 5.75 Å². The monoisotopic (exact) mass is 303 g/mol. The predicted molar refractivity (Wildman–Crippen MR) is 80.2 cm³/mol. The van der Waals surface area contributed by atoms with Gasteiger partial charge in [0.25, 0.3) is 5.69 Å². The molecule has 0 aromatic heterocycles. The highest BCUT2D eigenvalue weighted by molar-refractivity contribution is 7.99. The normalized spacial score (nSPS) is 10.2. The molecule has 2 aromatic rings. The first-order valence-electron chi connectivity index (χ1n) is 6.13. The zero-order valence-electron chi connectivity index (χ0n) is 11.5. The standard InChI is InChI=1S/C15H13NO4S/c1-10(17)12-8-7-11(9-13(12)16(18)19)21-15-6-4-3-5-14(15)20-2/h3-9H,1-2H3. The van der Waals surface area contributed by atoms with Crippen molar-refractivity contribution in [3.05, 3.63) is 58.1 Å². The summed E-state index contributed by atoms with van der Waals surface area (Å²) in [6, 6.07) is 12.0. The van der Waals surface area contributed by atoms with Gasteiger partial charge in [0.05, 0.1) is 22.5 Å². The highest BCUT2D eigenvalue weighted by Gasteiger charge is 2.18. The van der Waals surface area contributed by atoms with Crippen LogP contribution in [0.1, 0.15) is 17.3 Å². The largest absolute Gasteiger partial charge is 0.496 e. The molecular weight excluding hydrogens is 290 g/mol. The molecule has 0 amide bonds.